The zero-order valence-corrected chi connectivity index (χ0v) is 12.4. The van der Waals surface area contributed by atoms with Crippen LogP contribution in [0.5, 0.6) is 0 Å². The van der Waals surface area contributed by atoms with Crippen molar-refractivity contribution in [1.82, 2.24) is 4.98 Å². The summed E-state index contributed by atoms with van der Waals surface area (Å²) in [6.07, 6.45) is 11.4. The molecule has 1 aromatic heterocycles. The van der Waals surface area contributed by atoms with Crippen LogP contribution in [0, 0.1) is 5.92 Å². The number of allylic oxidation sites excluding steroid dienone is 4. The number of hydrogen-bond acceptors (Lipinski definition) is 1. The van der Waals surface area contributed by atoms with Crippen LogP contribution in [-0.4, -0.2) is 4.98 Å². The van der Waals surface area contributed by atoms with Gasteiger partial charge in [-0.2, -0.15) is 0 Å². The van der Waals surface area contributed by atoms with Crippen LogP contribution < -0.4 is 0 Å². The van der Waals surface area contributed by atoms with Gasteiger partial charge in [0.25, 0.3) is 0 Å². The summed E-state index contributed by atoms with van der Waals surface area (Å²) in [6.45, 7) is 0. The summed E-state index contributed by atoms with van der Waals surface area (Å²) >= 11 is 0. The molecule has 2 unspecified atom stereocenters. The molecule has 106 valence electrons. The van der Waals surface area contributed by atoms with E-state index in [1.54, 1.807) is 0 Å². The molecule has 3 aromatic rings. The average molecular weight is 283 g/mol. The molecule has 22 heavy (non-hydrogen) atoms. The first-order valence-electron chi connectivity index (χ1n) is 8.06. The number of benzene rings is 2. The van der Waals surface area contributed by atoms with Crippen LogP contribution in [0.4, 0.5) is 0 Å². The highest BCUT2D eigenvalue weighted by Crippen LogP contribution is 2.40. The van der Waals surface area contributed by atoms with Gasteiger partial charge in [-0.05, 0) is 35.8 Å². The molecular formula is C21H17N. The molecule has 1 heteroatoms. The first kappa shape index (κ1) is 12.2. The van der Waals surface area contributed by atoms with Crippen LogP contribution in [0.3, 0.4) is 0 Å². The van der Waals surface area contributed by atoms with Gasteiger partial charge in [0.2, 0.25) is 0 Å². The highest BCUT2D eigenvalue weighted by atomic mass is 14.7. The van der Waals surface area contributed by atoms with Gasteiger partial charge < -0.3 is 0 Å². The number of fused-ring (bicyclic) bond motifs is 6. The van der Waals surface area contributed by atoms with Crippen molar-refractivity contribution in [2.75, 3.05) is 0 Å². The number of hydrogen-bond donors (Lipinski definition) is 0. The summed E-state index contributed by atoms with van der Waals surface area (Å²) in [5, 5.41) is 3.81. The third-order valence-corrected chi connectivity index (χ3v) is 5.15. The van der Waals surface area contributed by atoms with Crippen molar-refractivity contribution in [3.8, 4) is 0 Å². The third kappa shape index (κ3) is 1.69. The van der Waals surface area contributed by atoms with Crippen molar-refractivity contribution in [1.29, 1.82) is 0 Å². The molecule has 0 radical (unpaired) electrons. The van der Waals surface area contributed by atoms with Gasteiger partial charge in [-0.15, -0.1) is 0 Å². The van der Waals surface area contributed by atoms with Crippen molar-refractivity contribution in [3.05, 3.63) is 78.0 Å². The zero-order chi connectivity index (χ0) is 14.5. The minimum Gasteiger partial charge on any atom is -0.252 e. The molecule has 0 N–H and O–H groups in total. The maximum Gasteiger partial charge on any atom is 0.0783 e. The maximum absolute atomic E-state index is 5.08. The minimum atomic E-state index is 0.511. The van der Waals surface area contributed by atoms with E-state index in [9.17, 15) is 0 Å². The lowest BCUT2D eigenvalue weighted by Crippen LogP contribution is -2.20. The first-order valence-corrected chi connectivity index (χ1v) is 8.06. The standard InChI is InChI=1S/C21H17N/c1-3-7-17-14(5-1)11-12-20-19(17)13-16-10-9-15-6-2-4-8-18(15)21(16)22-20/h1-10,13-14,17H,11-12H2. The van der Waals surface area contributed by atoms with Crippen LogP contribution in [0.15, 0.2) is 66.8 Å². The summed E-state index contributed by atoms with van der Waals surface area (Å²) in [5.41, 5.74) is 3.88. The predicted molar refractivity (Wildman–Crippen MR) is 92.1 cm³/mol. The fourth-order valence-electron chi connectivity index (χ4n) is 4.02. The molecule has 0 bridgehead atoms. The van der Waals surface area contributed by atoms with Crippen LogP contribution in [-0.2, 0) is 6.42 Å². The van der Waals surface area contributed by atoms with Gasteiger partial charge in [-0.3, -0.25) is 4.98 Å². The molecule has 1 heterocycles. The third-order valence-electron chi connectivity index (χ3n) is 5.15. The lowest BCUT2D eigenvalue weighted by Gasteiger charge is -2.31. The molecule has 2 aliphatic rings. The predicted octanol–water partition coefficient (Wildman–Crippen LogP) is 5.16. The van der Waals surface area contributed by atoms with E-state index in [4.69, 9.17) is 4.98 Å². The van der Waals surface area contributed by atoms with Crippen LogP contribution >= 0.6 is 0 Å². The van der Waals surface area contributed by atoms with Crippen molar-refractivity contribution in [3.63, 3.8) is 0 Å². The van der Waals surface area contributed by atoms with E-state index in [1.807, 2.05) is 0 Å². The van der Waals surface area contributed by atoms with Crippen LogP contribution in [0.1, 0.15) is 23.6 Å². The number of pyridine rings is 1. The molecule has 2 aliphatic carbocycles. The van der Waals surface area contributed by atoms with Gasteiger partial charge in [0.05, 0.1) is 5.52 Å². The average Bonchev–Trinajstić information content (AvgIpc) is 2.60. The minimum absolute atomic E-state index is 0.511. The Kier molecular flexibility index (Phi) is 2.51. The second-order valence-corrected chi connectivity index (χ2v) is 6.38. The van der Waals surface area contributed by atoms with Gasteiger partial charge in [0, 0.05) is 22.4 Å². The van der Waals surface area contributed by atoms with E-state index in [2.05, 4.69) is 66.8 Å². The smallest absolute Gasteiger partial charge is 0.0783 e. The Morgan fingerprint density at radius 1 is 0.909 bits per heavy atom. The van der Waals surface area contributed by atoms with E-state index in [1.165, 1.54) is 33.8 Å². The molecule has 0 aliphatic heterocycles. The Bertz CT molecular complexity index is 949. The molecular weight excluding hydrogens is 266 g/mol. The second kappa shape index (κ2) is 4.54. The summed E-state index contributed by atoms with van der Waals surface area (Å²) in [4.78, 5) is 5.08. The van der Waals surface area contributed by atoms with Gasteiger partial charge in [0.15, 0.2) is 0 Å². The topological polar surface area (TPSA) is 12.9 Å². The van der Waals surface area contributed by atoms with Crippen molar-refractivity contribution in [2.24, 2.45) is 5.92 Å². The molecule has 0 saturated heterocycles. The summed E-state index contributed by atoms with van der Waals surface area (Å²) in [6, 6.07) is 15.4. The molecule has 0 amide bonds. The molecule has 2 aromatic carbocycles. The number of nitrogens with zero attached hydrogens (tertiary/aromatic N) is 1. The molecule has 0 spiro atoms. The largest absolute Gasteiger partial charge is 0.252 e. The van der Waals surface area contributed by atoms with E-state index in [0.29, 0.717) is 11.8 Å². The molecule has 2 atom stereocenters. The molecule has 0 fully saturated rings. The first-order chi connectivity index (χ1) is 10.9. The highest BCUT2D eigenvalue weighted by Gasteiger charge is 2.28. The summed E-state index contributed by atoms with van der Waals surface area (Å²) in [7, 11) is 0. The lowest BCUT2D eigenvalue weighted by atomic mass is 9.74. The van der Waals surface area contributed by atoms with Crippen LogP contribution in [0.25, 0.3) is 21.7 Å². The summed E-state index contributed by atoms with van der Waals surface area (Å²) in [5.74, 6) is 1.16. The van der Waals surface area contributed by atoms with Crippen LogP contribution in [0.2, 0.25) is 0 Å². The molecule has 1 nitrogen and oxygen atoms in total. The van der Waals surface area contributed by atoms with Crippen molar-refractivity contribution >= 4 is 21.7 Å². The van der Waals surface area contributed by atoms with E-state index >= 15 is 0 Å². The Labute approximate surface area is 130 Å². The number of rotatable bonds is 0. The normalized spacial score (nSPS) is 22.7. The Morgan fingerprint density at radius 3 is 2.77 bits per heavy atom. The second-order valence-electron chi connectivity index (χ2n) is 6.38. The number of aryl methyl sites for hydroxylation is 1. The van der Waals surface area contributed by atoms with E-state index < -0.39 is 0 Å². The van der Waals surface area contributed by atoms with Gasteiger partial charge in [-0.1, -0.05) is 60.7 Å². The Balaban J connectivity index is 1.80. The maximum atomic E-state index is 5.08. The SMILES string of the molecule is C1=CC2CCc3nc4c(ccc5ccccc54)cc3C2C=C1. The van der Waals surface area contributed by atoms with Crippen molar-refractivity contribution < 1.29 is 0 Å². The van der Waals surface area contributed by atoms with E-state index in [-0.39, 0.29) is 0 Å². The molecule has 0 saturated carbocycles. The van der Waals surface area contributed by atoms with Gasteiger partial charge in [0.1, 0.15) is 0 Å². The van der Waals surface area contributed by atoms with Gasteiger partial charge in [-0.25, -0.2) is 0 Å². The van der Waals surface area contributed by atoms with E-state index in [0.717, 1.165) is 11.9 Å². The Morgan fingerprint density at radius 2 is 1.77 bits per heavy atom. The number of aromatic nitrogens is 1. The monoisotopic (exact) mass is 283 g/mol. The van der Waals surface area contributed by atoms with Crippen molar-refractivity contribution in [2.45, 2.75) is 18.8 Å². The lowest BCUT2D eigenvalue weighted by molar-refractivity contribution is 0.493. The quantitative estimate of drug-likeness (QED) is 0.519. The highest BCUT2D eigenvalue weighted by molar-refractivity contribution is 6.05. The molecule has 5 rings (SSSR count). The Hall–Kier alpha value is -2.41. The zero-order valence-electron chi connectivity index (χ0n) is 12.4. The fourth-order valence-corrected chi connectivity index (χ4v) is 4.02. The fraction of sp³-hybridized carbons (Fsp3) is 0.190. The summed E-state index contributed by atoms with van der Waals surface area (Å²) < 4.78 is 0. The van der Waals surface area contributed by atoms with Gasteiger partial charge >= 0.3 is 0 Å².